The van der Waals surface area contributed by atoms with E-state index in [-0.39, 0.29) is 10.6 Å². The fourth-order valence-electron chi connectivity index (χ4n) is 2.43. The van der Waals surface area contributed by atoms with E-state index in [0.717, 1.165) is 6.54 Å². The van der Waals surface area contributed by atoms with E-state index in [1.54, 1.807) is 19.1 Å². The molecule has 1 saturated carbocycles. The third kappa shape index (κ3) is 3.04. The average Bonchev–Trinajstić information content (AvgIpc) is 2.32. The molecule has 5 nitrogen and oxygen atoms in total. The summed E-state index contributed by atoms with van der Waals surface area (Å²) in [5.74, 6) is 0.654. The lowest BCUT2D eigenvalue weighted by Gasteiger charge is -2.31. The van der Waals surface area contributed by atoms with Gasteiger partial charge in [-0.3, -0.25) is 10.1 Å². The van der Waals surface area contributed by atoms with Crippen molar-refractivity contribution in [2.24, 2.45) is 5.92 Å². The molecule has 1 N–H and O–H groups in total. The van der Waals surface area contributed by atoms with Crippen LogP contribution in [0.2, 0.25) is 0 Å². The first-order valence-corrected chi connectivity index (χ1v) is 6.66. The van der Waals surface area contributed by atoms with Crippen LogP contribution < -0.4 is 4.90 Å². The first kappa shape index (κ1) is 13.8. The molecule has 0 heterocycles. The van der Waals surface area contributed by atoms with Crippen LogP contribution in [-0.2, 0) is 0 Å². The van der Waals surface area contributed by atoms with Crippen molar-refractivity contribution in [3.8, 4) is 0 Å². The number of aliphatic hydroxyl groups is 1. The van der Waals surface area contributed by atoms with Gasteiger partial charge in [0.2, 0.25) is 0 Å². The van der Waals surface area contributed by atoms with Gasteiger partial charge in [-0.15, -0.1) is 0 Å². The lowest BCUT2D eigenvalue weighted by atomic mass is 9.85. The molecule has 2 rings (SSSR count). The second-order valence-electron chi connectivity index (χ2n) is 5.36. The molecule has 0 bridgehead atoms. The summed E-state index contributed by atoms with van der Waals surface area (Å²) >= 11 is 0. The van der Waals surface area contributed by atoms with Gasteiger partial charge in [0.1, 0.15) is 5.69 Å². The second kappa shape index (κ2) is 5.57. The summed E-state index contributed by atoms with van der Waals surface area (Å²) in [6.45, 7) is 2.46. The first-order chi connectivity index (χ1) is 8.99. The number of hydrogen-bond acceptors (Lipinski definition) is 4. The highest BCUT2D eigenvalue weighted by atomic mass is 16.6. The van der Waals surface area contributed by atoms with Crippen LogP contribution in [0.25, 0.3) is 0 Å². The van der Waals surface area contributed by atoms with Crippen molar-refractivity contribution in [2.75, 3.05) is 18.5 Å². The number of nitro groups is 1. The maximum absolute atomic E-state index is 11.2. The van der Waals surface area contributed by atoms with Crippen LogP contribution >= 0.6 is 0 Å². The van der Waals surface area contributed by atoms with Gasteiger partial charge in [-0.05, 0) is 37.3 Å². The molecule has 0 amide bonds. The van der Waals surface area contributed by atoms with Crippen LogP contribution in [0.1, 0.15) is 37.9 Å². The molecule has 19 heavy (non-hydrogen) atoms. The van der Waals surface area contributed by atoms with E-state index in [4.69, 9.17) is 0 Å². The number of aliphatic hydroxyl groups excluding tert-OH is 1. The fourth-order valence-corrected chi connectivity index (χ4v) is 2.43. The molecule has 1 aromatic rings. The lowest BCUT2D eigenvalue weighted by Crippen LogP contribution is -2.29. The molecule has 0 aromatic heterocycles. The van der Waals surface area contributed by atoms with Crippen LogP contribution in [0.4, 0.5) is 11.4 Å². The molecule has 0 radical (unpaired) electrons. The molecular formula is C14H20N2O3. The number of nitro benzene ring substituents is 1. The smallest absolute Gasteiger partial charge is 0.292 e. The maximum atomic E-state index is 11.2. The topological polar surface area (TPSA) is 66.6 Å². The Hall–Kier alpha value is -1.62. The first-order valence-electron chi connectivity index (χ1n) is 6.66. The summed E-state index contributed by atoms with van der Waals surface area (Å²) in [7, 11) is 1.89. The average molecular weight is 264 g/mol. The van der Waals surface area contributed by atoms with E-state index >= 15 is 0 Å². The van der Waals surface area contributed by atoms with E-state index in [0.29, 0.717) is 17.2 Å². The number of anilines is 1. The Kier molecular flexibility index (Phi) is 4.04. The van der Waals surface area contributed by atoms with E-state index in [1.807, 2.05) is 11.9 Å². The summed E-state index contributed by atoms with van der Waals surface area (Å²) < 4.78 is 0. The Morgan fingerprint density at radius 3 is 2.68 bits per heavy atom. The Labute approximate surface area is 113 Å². The van der Waals surface area contributed by atoms with Gasteiger partial charge in [0.25, 0.3) is 5.69 Å². The van der Waals surface area contributed by atoms with Crippen LogP contribution in [0, 0.1) is 16.0 Å². The Balaban J connectivity index is 2.24. The van der Waals surface area contributed by atoms with Gasteiger partial charge in [-0.1, -0.05) is 12.5 Å². The molecule has 0 unspecified atom stereocenters. The van der Waals surface area contributed by atoms with Gasteiger partial charge < -0.3 is 10.0 Å². The summed E-state index contributed by atoms with van der Waals surface area (Å²) in [5, 5.41) is 20.7. The van der Waals surface area contributed by atoms with Crippen molar-refractivity contribution >= 4 is 11.4 Å². The molecular weight excluding hydrogens is 244 g/mol. The highest BCUT2D eigenvalue weighted by Gasteiger charge is 2.23. The van der Waals surface area contributed by atoms with Crippen molar-refractivity contribution < 1.29 is 10.0 Å². The van der Waals surface area contributed by atoms with Gasteiger partial charge in [0, 0.05) is 19.7 Å². The Morgan fingerprint density at radius 1 is 1.53 bits per heavy atom. The standard InChI is InChI=1S/C14H20N2O3/c1-10(17)12-6-7-13(14(8-12)16(18)19)15(2)9-11-4-3-5-11/h6-8,10-11,17H,3-5,9H2,1-2H3/t10-/m0/s1. The molecule has 1 aliphatic carbocycles. The minimum absolute atomic E-state index is 0.0697. The predicted molar refractivity (Wildman–Crippen MR) is 74.3 cm³/mol. The number of hydrogen-bond donors (Lipinski definition) is 1. The van der Waals surface area contributed by atoms with Gasteiger partial charge in [0.05, 0.1) is 11.0 Å². The highest BCUT2D eigenvalue weighted by molar-refractivity contribution is 5.64. The molecule has 0 aliphatic heterocycles. The molecule has 1 aromatic carbocycles. The van der Waals surface area contributed by atoms with Gasteiger partial charge in [-0.2, -0.15) is 0 Å². The normalized spacial score (nSPS) is 16.8. The molecule has 0 saturated heterocycles. The maximum Gasteiger partial charge on any atom is 0.292 e. The summed E-state index contributed by atoms with van der Waals surface area (Å²) in [6, 6.07) is 4.96. The Morgan fingerprint density at radius 2 is 2.21 bits per heavy atom. The van der Waals surface area contributed by atoms with Crippen LogP contribution in [0.3, 0.4) is 0 Å². The summed E-state index contributed by atoms with van der Waals surface area (Å²) in [4.78, 5) is 12.7. The van der Waals surface area contributed by atoms with Crippen molar-refractivity contribution in [2.45, 2.75) is 32.3 Å². The zero-order chi connectivity index (χ0) is 14.0. The van der Waals surface area contributed by atoms with Crippen molar-refractivity contribution in [3.05, 3.63) is 33.9 Å². The quantitative estimate of drug-likeness (QED) is 0.656. The van der Waals surface area contributed by atoms with Crippen LogP contribution in [0.5, 0.6) is 0 Å². The zero-order valence-electron chi connectivity index (χ0n) is 11.4. The minimum atomic E-state index is -0.690. The second-order valence-corrected chi connectivity index (χ2v) is 5.36. The largest absolute Gasteiger partial charge is 0.389 e. The molecule has 1 aliphatic rings. The van der Waals surface area contributed by atoms with Gasteiger partial charge in [-0.25, -0.2) is 0 Å². The molecule has 0 spiro atoms. The predicted octanol–water partition coefficient (Wildman–Crippen LogP) is 2.88. The van der Waals surface area contributed by atoms with E-state index < -0.39 is 6.10 Å². The van der Waals surface area contributed by atoms with E-state index in [1.165, 1.54) is 25.3 Å². The van der Waals surface area contributed by atoms with Crippen molar-refractivity contribution in [1.29, 1.82) is 0 Å². The Bertz CT molecular complexity index is 470. The van der Waals surface area contributed by atoms with Crippen LogP contribution in [0.15, 0.2) is 18.2 Å². The molecule has 1 atom stereocenters. The summed E-state index contributed by atoms with van der Waals surface area (Å²) in [5.41, 5.74) is 1.27. The molecule has 5 heteroatoms. The SMILES string of the molecule is C[C@H](O)c1ccc(N(C)CC2CCC2)c([N+](=O)[O-])c1. The number of benzene rings is 1. The number of rotatable bonds is 5. The molecule has 104 valence electrons. The number of nitrogens with zero attached hydrogens (tertiary/aromatic N) is 2. The van der Waals surface area contributed by atoms with Gasteiger partial charge >= 0.3 is 0 Å². The highest BCUT2D eigenvalue weighted by Crippen LogP contribution is 2.33. The third-order valence-corrected chi connectivity index (χ3v) is 3.85. The van der Waals surface area contributed by atoms with Crippen molar-refractivity contribution in [1.82, 2.24) is 0 Å². The third-order valence-electron chi connectivity index (χ3n) is 3.85. The van der Waals surface area contributed by atoms with Crippen LogP contribution in [-0.4, -0.2) is 23.6 Å². The van der Waals surface area contributed by atoms with E-state index in [9.17, 15) is 15.2 Å². The van der Waals surface area contributed by atoms with Gasteiger partial charge in [0.15, 0.2) is 0 Å². The minimum Gasteiger partial charge on any atom is -0.389 e. The monoisotopic (exact) mass is 264 g/mol. The zero-order valence-corrected chi connectivity index (χ0v) is 11.4. The fraction of sp³-hybridized carbons (Fsp3) is 0.571. The summed E-state index contributed by atoms with van der Waals surface area (Å²) in [6.07, 6.45) is 3.00. The van der Waals surface area contributed by atoms with E-state index in [2.05, 4.69) is 0 Å². The lowest BCUT2D eigenvalue weighted by molar-refractivity contribution is -0.384. The molecule has 1 fully saturated rings. The van der Waals surface area contributed by atoms with Crippen molar-refractivity contribution in [3.63, 3.8) is 0 Å².